The molecule has 0 saturated heterocycles. The van der Waals surface area contributed by atoms with Crippen LogP contribution in [0.4, 0.5) is 11.4 Å². The van der Waals surface area contributed by atoms with Crippen molar-refractivity contribution in [3.8, 4) is 11.5 Å². The van der Waals surface area contributed by atoms with Crippen molar-refractivity contribution in [1.29, 1.82) is 0 Å². The Hall–Kier alpha value is -3.59. The molecule has 4 N–H and O–H groups in total. The van der Waals surface area contributed by atoms with E-state index in [1.165, 1.54) is 4.90 Å². The van der Waals surface area contributed by atoms with Crippen LogP contribution in [0.2, 0.25) is 5.02 Å². The number of nitrogens with one attached hydrogen (secondary N) is 2. The Balaban J connectivity index is 1.55. The number of H-pyrrole nitrogens is 1. The van der Waals surface area contributed by atoms with Gasteiger partial charge in [0, 0.05) is 23.9 Å². The third kappa shape index (κ3) is 4.10. The van der Waals surface area contributed by atoms with Crippen LogP contribution in [-0.2, 0) is 4.79 Å². The summed E-state index contributed by atoms with van der Waals surface area (Å²) in [4.78, 5) is 22.0. The summed E-state index contributed by atoms with van der Waals surface area (Å²) in [7, 11) is 0. The highest BCUT2D eigenvalue weighted by Crippen LogP contribution is 2.44. The fourth-order valence-electron chi connectivity index (χ4n) is 4.38. The minimum absolute atomic E-state index is 0.140. The van der Waals surface area contributed by atoms with Gasteiger partial charge in [0.25, 0.3) is 5.91 Å². The van der Waals surface area contributed by atoms with E-state index in [4.69, 9.17) is 16.3 Å². The maximum atomic E-state index is 13.0. The van der Waals surface area contributed by atoms with Crippen molar-refractivity contribution < 1.29 is 19.7 Å². The molecular formula is C26H25ClN4O4. The zero-order valence-electron chi connectivity index (χ0n) is 19.2. The second-order valence-electron chi connectivity index (χ2n) is 8.92. The van der Waals surface area contributed by atoms with Crippen LogP contribution in [0.5, 0.6) is 11.5 Å². The number of nitrogens with zero attached hydrogens (tertiary/aromatic N) is 2. The van der Waals surface area contributed by atoms with Gasteiger partial charge in [0.15, 0.2) is 0 Å². The Bertz CT molecular complexity index is 1400. The molecule has 2 aromatic carbocycles. The first-order valence-electron chi connectivity index (χ1n) is 11.2. The first kappa shape index (κ1) is 23.2. The van der Waals surface area contributed by atoms with Crippen LogP contribution < -0.4 is 15.0 Å². The predicted octanol–water partition coefficient (Wildman–Crippen LogP) is 4.62. The predicted molar refractivity (Wildman–Crippen MR) is 135 cm³/mol. The second kappa shape index (κ2) is 8.88. The van der Waals surface area contributed by atoms with Crippen molar-refractivity contribution in [2.45, 2.75) is 25.5 Å². The summed E-state index contributed by atoms with van der Waals surface area (Å²) in [5.74, 6) is 1.06. The molecule has 0 fully saturated rings. The molecule has 2 aromatic heterocycles. The molecule has 1 amide bonds. The van der Waals surface area contributed by atoms with E-state index in [0.29, 0.717) is 50.1 Å². The summed E-state index contributed by atoms with van der Waals surface area (Å²) in [6, 6.07) is 14.5. The number of carbonyl (C=O) groups excluding carboxylic acids is 1. The van der Waals surface area contributed by atoms with E-state index < -0.39 is 11.6 Å². The summed E-state index contributed by atoms with van der Waals surface area (Å²) < 4.78 is 5.85. The fourth-order valence-corrected chi connectivity index (χ4v) is 4.65. The lowest BCUT2D eigenvalue weighted by atomic mass is 9.95. The van der Waals surface area contributed by atoms with E-state index in [0.717, 1.165) is 0 Å². The van der Waals surface area contributed by atoms with E-state index in [9.17, 15) is 15.0 Å². The Morgan fingerprint density at radius 1 is 1.14 bits per heavy atom. The molecule has 1 unspecified atom stereocenters. The molecule has 0 radical (unpaired) electrons. The van der Waals surface area contributed by atoms with Crippen molar-refractivity contribution in [2.24, 2.45) is 0 Å². The highest BCUT2D eigenvalue weighted by molar-refractivity contribution is 6.31. The third-order valence-electron chi connectivity index (χ3n) is 6.08. The second-order valence-corrected chi connectivity index (χ2v) is 9.32. The van der Waals surface area contributed by atoms with Gasteiger partial charge in [-0.25, -0.2) is 4.98 Å². The van der Waals surface area contributed by atoms with Crippen LogP contribution in [0.3, 0.4) is 0 Å². The third-order valence-corrected chi connectivity index (χ3v) is 6.41. The minimum Gasteiger partial charge on any atom is -0.457 e. The highest BCUT2D eigenvalue weighted by Gasteiger charge is 2.40. The topological polar surface area (TPSA) is 111 Å². The van der Waals surface area contributed by atoms with Crippen LogP contribution in [-0.4, -0.2) is 44.8 Å². The van der Waals surface area contributed by atoms with Gasteiger partial charge < -0.3 is 30.2 Å². The van der Waals surface area contributed by atoms with E-state index in [1.54, 1.807) is 44.4 Å². The summed E-state index contributed by atoms with van der Waals surface area (Å²) >= 11 is 6.57. The fraction of sp³-hybridized carbons (Fsp3) is 0.231. The first-order chi connectivity index (χ1) is 16.8. The lowest BCUT2D eigenvalue weighted by molar-refractivity contribution is -0.122. The number of rotatable bonds is 6. The maximum Gasteiger partial charge on any atom is 0.252 e. The molecule has 180 valence electrons. The largest absolute Gasteiger partial charge is 0.457 e. The normalized spacial score (nSPS) is 15.6. The number of anilines is 2. The molecule has 3 heterocycles. The molecule has 8 nitrogen and oxygen atoms in total. The highest BCUT2D eigenvalue weighted by atomic mass is 35.5. The number of halogens is 1. The van der Waals surface area contributed by atoms with E-state index in [1.807, 2.05) is 30.3 Å². The van der Waals surface area contributed by atoms with Gasteiger partial charge in [-0.2, -0.15) is 0 Å². The Morgan fingerprint density at radius 3 is 2.63 bits per heavy atom. The number of ether oxygens (including phenoxy) is 1. The zero-order chi connectivity index (χ0) is 24.7. The molecule has 1 atom stereocenters. The number of fused-ring (bicyclic) bond motifs is 3. The van der Waals surface area contributed by atoms with Crippen molar-refractivity contribution in [3.63, 3.8) is 0 Å². The average molecular weight is 493 g/mol. The number of aliphatic hydroxyl groups is 2. The summed E-state index contributed by atoms with van der Waals surface area (Å²) in [6.07, 6.45) is 2.21. The van der Waals surface area contributed by atoms with E-state index in [-0.39, 0.29) is 19.1 Å². The van der Waals surface area contributed by atoms with E-state index >= 15 is 0 Å². The number of β-amino-alcohol motifs (C(OH)–C–C–N with tert-alkyl or cyclic N) is 1. The Kier molecular flexibility index (Phi) is 5.88. The first-order valence-corrected chi connectivity index (χ1v) is 11.6. The Labute approximate surface area is 207 Å². The van der Waals surface area contributed by atoms with Gasteiger partial charge >= 0.3 is 0 Å². The Morgan fingerprint density at radius 2 is 1.91 bits per heavy atom. The SMILES string of the molecule is CC1(C)Nc2c(cnc3[nH]cc(C(O)c4ccc(Oc5ccccc5)cc4Cl)c23)N(CCO)C1=O. The molecule has 5 rings (SSSR count). The molecule has 35 heavy (non-hydrogen) atoms. The zero-order valence-corrected chi connectivity index (χ0v) is 20.0. The van der Waals surface area contributed by atoms with Crippen molar-refractivity contribution in [1.82, 2.24) is 9.97 Å². The number of amides is 1. The number of aliphatic hydroxyl groups excluding tert-OH is 2. The van der Waals surface area contributed by atoms with Crippen molar-refractivity contribution in [3.05, 3.63) is 77.1 Å². The number of aromatic nitrogens is 2. The molecule has 0 spiro atoms. The number of hydrogen-bond acceptors (Lipinski definition) is 6. The van der Waals surface area contributed by atoms with Crippen LogP contribution in [0.1, 0.15) is 31.1 Å². The van der Waals surface area contributed by atoms with Gasteiger partial charge in [0.05, 0.1) is 34.6 Å². The number of carbonyl (C=O) groups is 1. The molecule has 1 aliphatic heterocycles. The smallest absolute Gasteiger partial charge is 0.252 e. The molecular weight excluding hydrogens is 468 g/mol. The quantitative estimate of drug-likeness (QED) is 0.312. The molecule has 1 aliphatic rings. The number of aromatic amines is 1. The minimum atomic E-state index is -1.07. The van der Waals surface area contributed by atoms with Crippen LogP contribution in [0, 0.1) is 0 Å². The molecule has 0 bridgehead atoms. The van der Waals surface area contributed by atoms with Gasteiger partial charge in [-0.15, -0.1) is 0 Å². The number of hydrogen-bond donors (Lipinski definition) is 4. The molecule has 9 heteroatoms. The standard InChI is InChI=1S/C26H25ClN4O4/c1-26(2)25(34)31(10-11-32)20-14-29-24-21(22(20)30-26)18(13-28-24)23(33)17-9-8-16(12-19(17)27)35-15-6-4-3-5-7-15/h3-9,12-14,23,30,32-33H,10-11H2,1-2H3,(H,28,29). The van der Waals surface area contributed by atoms with E-state index in [2.05, 4.69) is 15.3 Å². The van der Waals surface area contributed by atoms with Crippen LogP contribution >= 0.6 is 11.6 Å². The summed E-state index contributed by atoms with van der Waals surface area (Å²) in [5, 5.41) is 25.2. The van der Waals surface area contributed by atoms with Crippen molar-refractivity contribution in [2.75, 3.05) is 23.4 Å². The van der Waals surface area contributed by atoms with Gasteiger partial charge in [0.2, 0.25) is 0 Å². The molecule has 4 aromatic rings. The molecule has 0 aliphatic carbocycles. The molecule has 0 saturated carbocycles. The lowest BCUT2D eigenvalue weighted by Gasteiger charge is -2.40. The lowest BCUT2D eigenvalue weighted by Crippen LogP contribution is -2.54. The summed E-state index contributed by atoms with van der Waals surface area (Å²) in [6.45, 7) is 3.51. The van der Waals surface area contributed by atoms with Crippen LogP contribution in [0.15, 0.2) is 60.9 Å². The van der Waals surface area contributed by atoms with Gasteiger partial charge in [-0.05, 0) is 38.1 Å². The van der Waals surface area contributed by atoms with Crippen molar-refractivity contribution >= 4 is 39.9 Å². The number of para-hydroxylation sites is 1. The number of benzene rings is 2. The van der Waals surface area contributed by atoms with Crippen LogP contribution in [0.25, 0.3) is 11.0 Å². The van der Waals surface area contributed by atoms with Gasteiger partial charge in [-0.1, -0.05) is 35.9 Å². The van der Waals surface area contributed by atoms with Gasteiger partial charge in [0.1, 0.15) is 28.8 Å². The summed E-state index contributed by atoms with van der Waals surface area (Å²) in [5.41, 5.74) is 1.91. The van der Waals surface area contributed by atoms with Gasteiger partial charge in [-0.3, -0.25) is 4.79 Å². The average Bonchev–Trinajstić information content (AvgIpc) is 3.27. The monoisotopic (exact) mass is 492 g/mol. The number of pyridine rings is 1. The maximum absolute atomic E-state index is 13.0.